The fourth-order valence-corrected chi connectivity index (χ4v) is 6.30. The topological polar surface area (TPSA) is 33.7 Å². The second kappa shape index (κ2) is 19.0. The molecule has 4 nitrogen and oxygen atoms in total. The van der Waals surface area contributed by atoms with Crippen molar-refractivity contribution in [2.75, 3.05) is 26.2 Å². The minimum atomic E-state index is 0. The van der Waals surface area contributed by atoms with Crippen molar-refractivity contribution in [3.05, 3.63) is 114 Å². The Morgan fingerprint density at radius 1 is 0.780 bits per heavy atom. The highest BCUT2D eigenvalue weighted by atomic mass is 35.5. The van der Waals surface area contributed by atoms with Crippen LogP contribution in [0.2, 0.25) is 10.0 Å². The summed E-state index contributed by atoms with van der Waals surface area (Å²) in [4.78, 5) is 4.87. The van der Waals surface area contributed by atoms with E-state index in [4.69, 9.17) is 32.7 Å². The van der Waals surface area contributed by atoms with Crippen molar-refractivity contribution in [1.82, 2.24) is 10.2 Å². The molecule has 4 aromatic rings. The molecule has 2 fully saturated rings. The van der Waals surface area contributed by atoms with Gasteiger partial charge in [0.1, 0.15) is 0 Å². The Bertz CT molecular complexity index is 1190. The van der Waals surface area contributed by atoms with Gasteiger partial charge in [-0.25, -0.2) is 0 Å². The lowest BCUT2D eigenvalue weighted by Gasteiger charge is -2.44. The fourth-order valence-electron chi connectivity index (χ4n) is 4.31. The Morgan fingerprint density at radius 2 is 1.22 bits per heavy atom. The van der Waals surface area contributed by atoms with Crippen LogP contribution >= 0.6 is 58.3 Å². The van der Waals surface area contributed by atoms with Gasteiger partial charge in [0.05, 0.1) is 41.5 Å². The van der Waals surface area contributed by atoms with Gasteiger partial charge in [-0.3, -0.25) is 4.90 Å². The molecule has 2 aromatic carbocycles. The molecule has 224 valence electrons. The largest absolute Gasteiger partial charge is 0.370 e. The summed E-state index contributed by atoms with van der Waals surface area (Å²) in [5.41, 5.74) is 2.66. The zero-order chi connectivity index (χ0) is 27.5. The van der Waals surface area contributed by atoms with Crippen LogP contribution in [-0.2, 0) is 22.7 Å². The summed E-state index contributed by atoms with van der Waals surface area (Å²) in [6.07, 6.45) is 0.696. The number of nitrogens with zero attached hydrogens (tertiary/aromatic N) is 1. The molecule has 2 aromatic heterocycles. The molecule has 0 spiro atoms. The second-order valence-corrected chi connectivity index (χ2v) is 12.0. The summed E-state index contributed by atoms with van der Waals surface area (Å²) in [6.45, 7) is 9.22. The van der Waals surface area contributed by atoms with Crippen LogP contribution in [0, 0.1) is 0 Å². The molecule has 0 atom stereocenters. The number of benzene rings is 2. The van der Waals surface area contributed by atoms with Crippen LogP contribution in [0.15, 0.2) is 83.6 Å². The molecule has 0 aliphatic carbocycles. The summed E-state index contributed by atoms with van der Waals surface area (Å²) in [5.74, 6) is 0. The first-order valence-corrected chi connectivity index (χ1v) is 15.9. The van der Waals surface area contributed by atoms with E-state index >= 15 is 0 Å². The van der Waals surface area contributed by atoms with Gasteiger partial charge >= 0.3 is 0 Å². The average Bonchev–Trinajstić information content (AvgIpc) is 3.54. The summed E-state index contributed by atoms with van der Waals surface area (Å²) in [5, 5.41) is 8.65. The summed E-state index contributed by atoms with van der Waals surface area (Å²) in [7, 11) is 0. The van der Waals surface area contributed by atoms with E-state index in [2.05, 4.69) is 70.9 Å². The van der Waals surface area contributed by atoms with E-state index in [1.165, 1.54) is 20.9 Å². The third-order valence-electron chi connectivity index (χ3n) is 6.38. The Hall–Kier alpha value is -1.45. The molecule has 6 rings (SSSR count). The van der Waals surface area contributed by atoms with E-state index in [-0.39, 0.29) is 25.9 Å². The van der Waals surface area contributed by atoms with Gasteiger partial charge in [-0.15, -0.1) is 35.1 Å². The lowest BCUT2D eigenvalue weighted by Crippen LogP contribution is -2.53. The molecule has 0 bridgehead atoms. The predicted octanol–water partition coefficient (Wildman–Crippen LogP) is 9.37. The van der Waals surface area contributed by atoms with Crippen molar-refractivity contribution >= 4 is 58.3 Å². The standard InChI is InChI=1S/C21H20ClNOS.C8H10ClNOS.C2H6.CH4.ClH/c22-18-11-20(25-15-18)14-24-19-12-23(13-19)21(16-7-3-1-4-8-16)17-9-5-2-6-10-17;9-6-1-8(12-5-6)4-11-7-2-10-3-7;1-2;;/h1-11,15,19,21H,12-14H2;1,5,7,10H,2-4H2;1-2H3;1H4;1H. The quantitative estimate of drug-likeness (QED) is 0.195. The van der Waals surface area contributed by atoms with Crippen LogP contribution in [0.4, 0.5) is 0 Å². The van der Waals surface area contributed by atoms with Crippen molar-refractivity contribution < 1.29 is 9.47 Å². The van der Waals surface area contributed by atoms with E-state index in [9.17, 15) is 0 Å². The normalized spacial score (nSPS) is 14.8. The average molecular weight is 656 g/mol. The van der Waals surface area contributed by atoms with Gasteiger partial charge in [0.2, 0.25) is 0 Å². The third-order valence-corrected chi connectivity index (χ3v) is 8.90. The van der Waals surface area contributed by atoms with Crippen LogP contribution in [0.1, 0.15) is 48.2 Å². The summed E-state index contributed by atoms with van der Waals surface area (Å²) < 4.78 is 11.6. The number of halogens is 3. The second-order valence-electron chi connectivity index (χ2n) is 9.16. The molecule has 0 amide bonds. The molecule has 4 heterocycles. The number of hydrogen-bond acceptors (Lipinski definition) is 6. The molecular weight excluding hydrogens is 615 g/mol. The van der Waals surface area contributed by atoms with Crippen molar-refractivity contribution in [3.63, 3.8) is 0 Å². The van der Waals surface area contributed by atoms with Crippen LogP contribution < -0.4 is 5.32 Å². The maximum Gasteiger partial charge on any atom is 0.0834 e. The smallest absolute Gasteiger partial charge is 0.0834 e. The summed E-state index contributed by atoms with van der Waals surface area (Å²) in [6, 6.07) is 25.6. The molecule has 9 heteroatoms. The van der Waals surface area contributed by atoms with Gasteiger partial charge in [0, 0.05) is 46.7 Å². The number of hydrogen-bond donors (Lipinski definition) is 1. The van der Waals surface area contributed by atoms with Crippen molar-refractivity contribution in [2.24, 2.45) is 0 Å². The molecule has 0 unspecified atom stereocenters. The van der Waals surface area contributed by atoms with Crippen molar-refractivity contribution in [2.45, 2.75) is 52.7 Å². The molecule has 0 saturated carbocycles. The molecule has 2 aliphatic rings. The van der Waals surface area contributed by atoms with Crippen LogP contribution in [0.25, 0.3) is 0 Å². The molecule has 0 radical (unpaired) electrons. The fraction of sp³-hybridized carbons (Fsp3) is 0.375. The number of nitrogens with one attached hydrogen (secondary N) is 1. The lowest BCUT2D eigenvalue weighted by atomic mass is 9.94. The molecular formula is C32H41Cl3N2O2S2. The predicted molar refractivity (Wildman–Crippen MR) is 180 cm³/mol. The first-order valence-electron chi connectivity index (χ1n) is 13.4. The van der Waals surface area contributed by atoms with E-state index in [1.54, 1.807) is 22.7 Å². The maximum absolute atomic E-state index is 6.04. The zero-order valence-electron chi connectivity index (χ0n) is 22.8. The van der Waals surface area contributed by atoms with Gasteiger partial charge < -0.3 is 14.8 Å². The Balaban J connectivity index is 0.000000311. The van der Waals surface area contributed by atoms with Gasteiger partial charge in [-0.05, 0) is 23.3 Å². The number of rotatable bonds is 9. The van der Waals surface area contributed by atoms with Gasteiger partial charge in [0.15, 0.2) is 0 Å². The molecule has 2 saturated heterocycles. The summed E-state index contributed by atoms with van der Waals surface area (Å²) >= 11 is 15.0. The first-order chi connectivity index (χ1) is 19.1. The Morgan fingerprint density at radius 3 is 1.59 bits per heavy atom. The lowest BCUT2D eigenvalue weighted by molar-refractivity contribution is -0.0733. The third kappa shape index (κ3) is 11.0. The number of likely N-dealkylation sites (tertiary alicyclic amines) is 1. The highest BCUT2D eigenvalue weighted by molar-refractivity contribution is 7.10. The Kier molecular flexibility index (Phi) is 16.5. The highest BCUT2D eigenvalue weighted by Gasteiger charge is 2.34. The van der Waals surface area contributed by atoms with Crippen molar-refractivity contribution in [3.8, 4) is 0 Å². The zero-order valence-corrected chi connectivity index (χ0v) is 26.8. The Labute approximate surface area is 270 Å². The van der Waals surface area contributed by atoms with E-state index < -0.39 is 0 Å². The van der Waals surface area contributed by atoms with Crippen LogP contribution in [-0.4, -0.2) is 43.3 Å². The molecule has 41 heavy (non-hydrogen) atoms. The highest BCUT2D eigenvalue weighted by Crippen LogP contribution is 2.33. The van der Waals surface area contributed by atoms with Gasteiger partial charge in [-0.1, -0.05) is 105 Å². The molecule has 2 aliphatic heterocycles. The monoisotopic (exact) mass is 654 g/mol. The SMILES string of the molecule is C.CC.Cl.Clc1csc(COC2CN(C(c3ccccc3)c3ccccc3)C2)c1.Clc1csc(COC2CNC2)c1. The molecule has 1 N–H and O–H groups in total. The minimum Gasteiger partial charge on any atom is -0.370 e. The van der Waals surface area contributed by atoms with E-state index in [0.29, 0.717) is 25.4 Å². The first kappa shape index (κ1) is 35.7. The minimum absolute atomic E-state index is 0. The van der Waals surface area contributed by atoms with Gasteiger partial charge in [-0.2, -0.15) is 0 Å². The van der Waals surface area contributed by atoms with Gasteiger partial charge in [0.25, 0.3) is 0 Å². The number of ether oxygens (including phenoxy) is 2. The van der Waals surface area contributed by atoms with Crippen LogP contribution in [0.3, 0.4) is 0 Å². The van der Waals surface area contributed by atoms with E-state index in [0.717, 1.165) is 36.2 Å². The van der Waals surface area contributed by atoms with E-state index in [1.807, 2.05) is 36.7 Å². The number of thiophene rings is 2. The van der Waals surface area contributed by atoms with Crippen molar-refractivity contribution in [1.29, 1.82) is 0 Å². The van der Waals surface area contributed by atoms with Crippen LogP contribution in [0.5, 0.6) is 0 Å². The maximum atomic E-state index is 6.04.